The minimum Gasteiger partial charge on any atom is -0.496 e. The molecule has 0 aliphatic heterocycles. The zero-order valence-electron chi connectivity index (χ0n) is 15.7. The maximum absolute atomic E-state index is 13.2. The molecule has 146 valence electrons. The molecule has 6 nitrogen and oxygen atoms in total. The first-order valence-corrected chi connectivity index (χ1v) is 10.2. The second-order valence-electron chi connectivity index (χ2n) is 6.40. The number of halogens is 1. The summed E-state index contributed by atoms with van der Waals surface area (Å²) in [5, 5.41) is 2.79. The van der Waals surface area contributed by atoms with Gasteiger partial charge in [0, 0.05) is 17.2 Å². The highest BCUT2D eigenvalue weighted by Crippen LogP contribution is 2.26. The van der Waals surface area contributed by atoms with E-state index in [0.717, 1.165) is 10.6 Å². The second-order valence-corrected chi connectivity index (χ2v) is 8.31. The minimum absolute atomic E-state index is 0.0326. The van der Waals surface area contributed by atoms with Gasteiger partial charge in [-0.3, -0.25) is 9.10 Å². The monoisotopic (exact) mass is 394 g/mol. The van der Waals surface area contributed by atoms with Gasteiger partial charge < -0.3 is 10.1 Å². The maximum Gasteiger partial charge on any atom is 0.251 e. The smallest absolute Gasteiger partial charge is 0.251 e. The predicted molar refractivity (Wildman–Crippen MR) is 103 cm³/mol. The van der Waals surface area contributed by atoms with Gasteiger partial charge in [-0.2, -0.15) is 0 Å². The highest BCUT2D eigenvalue weighted by atomic mass is 32.2. The van der Waals surface area contributed by atoms with Gasteiger partial charge in [0.15, 0.2) is 0 Å². The Labute approximate surface area is 159 Å². The van der Waals surface area contributed by atoms with Crippen molar-refractivity contribution in [2.45, 2.75) is 26.4 Å². The number of nitrogens with zero attached hydrogens (tertiary/aromatic N) is 1. The first-order valence-electron chi connectivity index (χ1n) is 8.33. The lowest BCUT2D eigenvalue weighted by Gasteiger charge is -2.24. The Morgan fingerprint density at radius 2 is 1.81 bits per heavy atom. The minimum atomic E-state index is -3.65. The summed E-state index contributed by atoms with van der Waals surface area (Å²) in [7, 11) is -2.18. The van der Waals surface area contributed by atoms with Crippen LogP contribution in [0.1, 0.15) is 29.8 Å². The van der Waals surface area contributed by atoms with Crippen molar-refractivity contribution < 1.29 is 22.3 Å². The molecule has 0 atom stereocenters. The molecule has 8 heteroatoms. The van der Waals surface area contributed by atoms with Gasteiger partial charge in [-0.25, -0.2) is 12.8 Å². The van der Waals surface area contributed by atoms with E-state index < -0.39 is 15.8 Å². The second kappa shape index (κ2) is 8.39. The van der Waals surface area contributed by atoms with Crippen LogP contribution in [0.15, 0.2) is 42.5 Å². The molecule has 27 heavy (non-hydrogen) atoms. The SMILES string of the molecule is COc1ccc(C(=O)NC(C)C)cc1CN(c1ccc(F)cc1)S(C)(=O)=O. The van der Waals surface area contributed by atoms with E-state index >= 15 is 0 Å². The van der Waals surface area contributed by atoms with E-state index in [2.05, 4.69) is 5.32 Å². The van der Waals surface area contributed by atoms with E-state index in [1.54, 1.807) is 18.2 Å². The van der Waals surface area contributed by atoms with Crippen molar-refractivity contribution in [1.29, 1.82) is 0 Å². The fourth-order valence-corrected chi connectivity index (χ4v) is 3.43. The average Bonchev–Trinajstić information content (AvgIpc) is 2.59. The van der Waals surface area contributed by atoms with Crippen LogP contribution < -0.4 is 14.4 Å². The zero-order valence-corrected chi connectivity index (χ0v) is 16.5. The summed E-state index contributed by atoms with van der Waals surface area (Å²) in [6.45, 7) is 3.64. The lowest BCUT2D eigenvalue weighted by atomic mass is 10.1. The quantitative estimate of drug-likeness (QED) is 0.783. The van der Waals surface area contributed by atoms with Crippen LogP contribution in [0.5, 0.6) is 5.75 Å². The number of anilines is 1. The molecule has 0 unspecified atom stereocenters. The number of ether oxygens (including phenoxy) is 1. The highest BCUT2D eigenvalue weighted by Gasteiger charge is 2.21. The molecule has 0 aliphatic rings. The van der Waals surface area contributed by atoms with Gasteiger partial charge in [-0.15, -0.1) is 0 Å². The summed E-state index contributed by atoms with van der Waals surface area (Å²) < 4.78 is 44.2. The Balaban J connectivity index is 2.44. The topological polar surface area (TPSA) is 75.7 Å². The maximum atomic E-state index is 13.2. The molecule has 1 amide bonds. The van der Waals surface area contributed by atoms with Crippen LogP contribution in [0.2, 0.25) is 0 Å². The molecule has 0 aromatic heterocycles. The Bertz CT molecular complexity index is 912. The van der Waals surface area contributed by atoms with Crippen LogP contribution in [0.25, 0.3) is 0 Å². The van der Waals surface area contributed by atoms with E-state index in [0.29, 0.717) is 22.6 Å². The number of hydrogen-bond acceptors (Lipinski definition) is 4. The van der Waals surface area contributed by atoms with Gasteiger partial charge in [0.05, 0.1) is 25.6 Å². The van der Waals surface area contributed by atoms with E-state index in [-0.39, 0.29) is 18.5 Å². The largest absolute Gasteiger partial charge is 0.496 e. The Morgan fingerprint density at radius 3 is 2.33 bits per heavy atom. The Morgan fingerprint density at radius 1 is 1.19 bits per heavy atom. The molecule has 0 aliphatic carbocycles. The Hall–Kier alpha value is -2.61. The van der Waals surface area contributed by atoms with Crippen molar-refractivity contribution in [3.63, 3.8) is 0 Å². The normalized spacial score (nSPS) is 11.3. The zero-order chi connectivity index (χ0) is 20.2. The molecule has 0 radical (unpaired) electrons. The molecule has 2 aromatic carbocycles. The number of methoxy groups -OCH3 is 1. The van der Waals surface area contributed by atoms with Gasteiger partial charge in [0.1, 0.15) is 11.6 Å². The summed E-state index contributed by atoms with van der Waals surface area (Å²) in [5.74, 6) is -0.273. The van der Waals surface area contributed by atoms with Gasteiger partial charge >= 0.3 is 0 Å². The van der Waals surface area contributed by atoms with Crippen molar-refractivity contribution in [2.75, 3.05) is 17.7 Å². The van der Waals surface area contributed by atoms with Crippen molar-refractivity contribution in [3.05, 3.63) is 59.4 Å². The van der Waals surface area contributed by atoms with Gasteiger partial charge in [0.25, 0.3) is 5.91 Å². The molecule has 0 heterocycles. The molecule has 1 N–H and O–H groups in total. The molecule has 2 rings (SSSR count). The lowest BCUT2D eigenvalue weighted by molar-refractivity contribution is 0.0943. The van der Waals surface area contributed by atoms with Crippen molar-refractivity contribution in [1.82, 2.24) is 5.32 Å². The fraction of sp³-hybridized carbons (Fsp3) is 0.316. The number of rotatable bonds is 7. The summed E-state index contributed by atoms with van der Waals surface area (Å²) in [5.41, 5.74) is 1.23. The average molecular weight is 394 g/mol. The van der Waals surface area contributed by atoms with Crippen molar-refractivity contribution >= 4 is 21.6 Å². The van der Waals surface area contributed by atoms with Crippen LogP contribution in [-0.2, 0) is 16.6 Å². The number of benzene rings is 2. The molecule has 0 spiro atoms. The Kier molecular flexibility index (Phi) is 6.43. The highest BCUT2D eigenvalue weighted by molar-refractivity contribution is 7.92. The number of carbonyl (C=O) groups excluding carboxylic acids is 1. The van der Waals surface area contributed by atoms with E-state index in [1.807, 2.05) is 13.8 Å². The van der Waals surface area contributed by atoms with E-state index in [9.17, 15) is 17.6 Å². The van der Waals surface area contributed by atoms with Crippen LogP contribution in [0.4, 0.5) is 10.1 Å². The molecular weight excluding hydrogens is 371 g/mol. The molecule has 0 fully saturated rings. The standard InChI is InChI=1S/C19H23FN2O4S/c1-13(2)21-19(23)14-5-10-18(26-3)15(11-14)12-22(27(4,24)25)17-8-6-16(20)7-9-17/h5-11,13H,12H2,1-4H3,(H,21,23). The molecular formula is C19H23FN2O4S. The summed E-state index contributed by atoms with van der Waals surface area (Å²) in [6, 6.07) is 9.96. The van der Waals surface area contributed by atoms with E-state index in [4.69, 9.17) is 4.74 Å². The van der Waals surface area contributed by atoms with E-state index in [1.165, 1.54) is 31.4 Å². The summed E-state index contributed by atoms with van der Waals surface area (Å²) in [4.78, 5) is 12.3. The van der Waals surface area contributed by atoms with Gasteiger partial charge in [-0.05, 0) is 56.3 Å². The molecule has 2 aromatic rings. The molecule has 0 saturated heterocycles. The lowest BCUT2D eigenvalue weighted by Crippen LogP contribution is -2.31. The number of amides is 1. The van der Waals surface area contributed by atoms with Crippen molar-refractivity contribution in [3.8, 4) is 5.75 Å². The van der Waals surface area contributed by atoms with Crippen LogP contribution in [-0.4, -0.2) is 33.7 Å². The molecule has 0 bridgehead atoms. The van der Waals surface area contributed by atoms with Gasteiger partial charge in [0.2, 0.25) is 10.0 Å². The summed E-state index contributed by atoms with van der Waals surface area (Å²) >= 11 is 0. The first-order chi connectivity index (χ1) is 12.6. The molecule has 0 saturated carbocycles. The summed E-state index contributed by atoms with van der Waals surface area (Å²) in [6.07, 6.45) is 1.07. The van der Waals surface area contributed by atoms with Crippen LogP contribution >= 0.6 is 0 Å². The number of hydrogen-bond donors (Lipinski definition) is 1. The third kappa shape index (κ3) is 5.43. The van der Waals surface area contributed by atoms with Gasteiger partial charge in [-0.1, -0.05) is 0 Å². The number of nitrogens with one attached hydrogen (secondary N) is 1. The number of carbonyl (C=O) groups is 1. The predicted octanol–water partition coefficient (Wildman–Crippen LogP) is 2.94. The van der Waals surface area contributed by atoms with Crippen molar-refractivity contribution in [2.24, 2.45) is 0 Å². The number of sulfonamides is 1. The van der Waals surface area contributed by atoms with Crippen LogP contribution in [0.3, 0.4) is 0 Å². The third-order valence-electron chi connectivity index (χ3n) is 3.79. The first kappa shape index (κ1) is 20.7. The third-order valence-corrected chi connectivity index (χ3v) is 4.93. The van der Waals surface area contributed by atoms with Crippen LogP contribution in [0, 0.1) is 5.82 Å². The fourth-order valence-electron chi connectivity index (χ4n) is 2.55.